The summed E-state index contributed by atoms with van der Waals surface area (Å²) >= 11 is 0. The lowest BCUT2D eigenvalue weighted by Crippen LogP contribution is -2.31. The van der Waals surface area contributed by atoms with E-state index in [9.17, 15) is 18.0 Å². The predicted octanol–water partition coefficient (Wildman–Crippen LogP) is 1.57. The number of hydrogen-bond donors (Lipinski definition) is 1. The number of carbonyl (C=O) groups is 1. The van der Waals surface area contributed by atoms with Crippen molar-refractivity contribution in [3.05, 3.63) is 35.4 Å². The van der Waals surface area contributed by atoms with E-state index in [1.165, 1.54) is 0 Å². The van der Waals surface area contributed by atoms with E-state index in [0.717, 1.165) is 18.6 Å². The van der Waals surface area contributed by atoms with Gasteiger partial charge in [0.05, 0.1) is 18.8 Å². The number of nitrogens with one attached hydrogen (secondary N) is 1. The van der Waals surface area contributed by atoms with Crippen molar-refractivity contribution >= 4 is 11.6 Å². The summed E-state index contributed by atoms with van der Waals surface area (Å²) in [6.45, 7) is 2.85. The third-order valence-electron chi connectivity index (χ3n) is 3.18. The van der Waals surface area contributed by atoms with Crippen molar-refractivity contribution in [1.82, 2.24) is 25.1 Å². The smallest absolute Gasteiger partial charge is 0.238 e. The van der Waals surface area contributed by atoms with Crippen LogP contribution in [0, 0.1) is 17.5 Å². The molecule has 0 fully saturated rings. The molecule has 1 amide bonds. The highest BCUT2D eigenvalue weighted by Gasteiger charge is 2.17. The van der Waals surface area contributed by atoms with Crippen LogP contribution in [0.1, 0.15) is 19.2 Å². The van der Waals surface area contributed by atoms with Crippen LogP contribution >= 0.6 is 0 Å². The van der Waals surface area contributed by atoms with E-state index >= 15 is 0 Å². The molecule has 0 aliphatic carbocycles. The van der Waals surface area contributed by atoms with Gasteiger partial charge in [0, 0.05) is 6.54 Å². The molecule has 1 aromatic carbocycles. The highest BCUT2D eigenvalue weighted by Crippen LogP contribution is 2.19. The molecule has 24 heavy (non-hydrogen) atoms. The maximum atomic E-state index is 13.5. The topological polar surface area (TPSA) is 75.9 Å². The third-order valence-corrected chi connectivity index (χ3v) is 3.18. The number of rotatable bonds is 7. The van der Waals surface area contributed by atoms with Crippen LogP contribution in [0.25, 0.3) is 0 Å². The van der Waals surface area contributed by atoms with E-state index in [-0.39, 0.29) is 6.54 Å². The lowest BCUT2D eigenvalue weighted by Gasteiger charge is -2.16. The van der Waals surface area contributed by atoms with Crippen molar-refractivity contribution in [2.45, 2.75) is 26.4 Å². The summed E-state index contributed by atoms with van der Waals surface area (Å²) < 4.78 is 41.2. The summed E-state index contributed by atoms with van der Waals surface area (Å²) in [5.74, 6) is -4.36. The minimum absolute atomic E-state index is 0.0998. The lowest BCUT2D eigenvalue weighted by atomic mass is 10.2. The highest BCUT2D eigenvalue weighted by molar-refractivity contribution is 5.92. The van der Waals surface area contributed by atoms with Crippen LogP contribution in [0.15, 0.2) is 12.1 Å². The van der Waals surface area contributed by atoms with Crippen molar-refractivity contribution in [2.75, 3.05) is 18.9 Å². The number of halogens is 3. The Morgan fingerprint density at radius 3 is 2.75 bits per heavy atom. The van der Waals surface area contributed by atoms with Gasteiger partial charge in [0.2, 0.25) is 5.91 Å². The molecule has 0 atom stereocenters. The Kier molecular flexibility index (Phi) is 5.85. The quantitative estimate of drug-likeness (QED) is 0.773. The van der Waals surface area contributed by atoms with Crippen LogP contribution in [0.3, 0.4) is 0 Å². The second kappa shape index (κ2) is 7.86. The number of nitrogens with zero attached hydrogens (tertiary/aromatic N) is 5. The molecule has 0 aliphatic rings. The molecule has 0 saturated heterocycles. The first-order valence-corrected chi connectivity index (χ1v) is 7.29. The van der Waals surface area contributed by atoms with Crippen molar-refractivity contribution in [3.63, 3.8) is 0 Å². The first-order valence-electron chi connectivity index (χ1n) is 7.29. The van der Waals surface area contributed by atoms with Crippen molar-refractivity contribution < 1.29 is 18.0 Å². The van der Waals surface area contributed by atoms with Gasteiger partial charge in [-0.2, -0.15) is 0 Å². The summed E-state index contributed by atoms with van der Waals surface area (Å²) in [5.41, 5.74) is -0.414. The average Bonchev–Trinajstić information content (AvgIpc) is 2.95. The summed E-state index contributed by atoms with van der Waals surface area (Å²) in [6, 6.07) is 1.71. The second-order valence-electron chi connectivity index (χ2n) is 5.26. The highest BCUT2D eigenvalue weighted by atomic mass is 19.2. The molecule has 2 rings (SSSR count). The molecule has 130 valence electrons. The Labute approximate surface area is 136 Å². The zero-order valence-corrected chi connectivity index (χ0v) is 13.3. The maximum absolute atomic E-state index is 13.5. The first-order chi connectivity index (χ1) is 11.4. The fourth-order valence-corrected chi connectivity index (χ4v) is 2.08. The fourth-order valence-electron chi connectivity index (χ4n) is 2.08. The Morgan fingerprint density at radius 2 is 2.04 bits per heavy atom. The van der Waals surface area contributed by atoms with E-state index in [1.807, 2.05) is 6.92 Å². The standard InChI is InChI=1S/C14H17F3N6O/c1-3-6-23-11(19-20-21-23)7-22(2)8-12(24)18-10-5-4-9(15)13(16)14(10)17/h4-5H,3,6-8H2,1-2H3,(H,18,24). The zero-order valence-electron chi connectivity index (χ0n) is 13.3. The van der Waals surface area contributed by atoms with Gasteiger partial charge in [-0.3, -0.25) is 9.69 Å². The molecule has 1 aromatic heterocycles. The monoisotopic (exact) mass is 342 g/mol. The third kappa shape index (κ3) is 4.28. The number of likely N-dealkylation sites (N-methyl/N-ethyl adjacent to an activating group) is 1. The molecule has 0 unspecified atom stereocenters. The van der Waals surface area contributed by atoms with Crippen molar-refractivity contribution in [1.29, 1.82) is 0 Å². The van der Waals surface area contributed by atoms with Crippen LogP contribution in [0.2, 0.25) is 0 Å². The fraction of sp³-hybridized carbons (Fsp3) is 0.429. The first kappa shape index (κ1) is 17.9. The van der Waals surface area contributed by atoms with Gasteiger partial charge in [0.15, 0.2) is 23.3 Å². The number of benzene rings is 1. The zero-order chi connectivity index (χ0) is 17.7. The molecule has 2 aromatic rings. The maximum Gasteiger partial charge on any atom is 0.238 e. The molecular formula is C14H17F3N6O. The predicted molar refractivity (Wildman–Crippen MR) is 79.4 cm³/mol. The molecule has 0 saturated carbocycles. The van der Waals surface area contributed by atoms with Gasteiger partial charge in [0.25, 0.3) is 0 Å². The van der Waals surface area contributed by atoms with E-state index in [0.29, 0.717) is 18.9 Å². The Bertz CT molecular complexity index is 721. The van der Waals surface area contributed by atoms with Crippen molar-refractivity contribution in [2.24, 2.45) is 0 Å². The summed E-state index contributed by atoms with van der Waals surface area (Å²) in [7, 11) is 1.66. The van der Waals surface area contributed by atoms with Crippen LogP contribution in [0.4, 0.5) is 18.9 Å². The number of aryl methyl sites for hydroxylation is 1. The molecular weight excluding hydrogens is 325 g/mol. The van der Waals surface area contributed by atoms with Gasteiger partial charge in [-0.25, -0.2) is 17.9 Å². The largest absolute Gasteiger partial charge is 0.322 e. The Hall–Kier alpha value is -2.49. The molecule has 1 N–H and O–H groups in total. The summed E-state index contributed by atoms with van der Waals surface area (Å²) in [6.07, 6.45) is 0.859. The van der Waals surface area contributed by atoms with Gasteiger partial charge in [-0.1, -0.05) is 6.92 Å². The molecule has 0 bridgehead atoms. The van der Waals surface area contributed by atoms with E-state index in [1.54, 1.807) is 16.6 Å². The number of hydrogen-bond acceptors (Lipinski definition) is 5. The van der Waals surface area contributed by atoms with Gasteiger partial charge in [0.1, 0.15) is 0 Å². The van der Waals surface area contributed by atoms with Gasteiger partial charge >= 0.3 is 0 Å². The number of anilines is 1. The number of aromatic nitrogens is 4. The molecule has 1 heterocycles. The summed E-state index contributed by atoms with van der Waals surface area (Å²) in [4.78, 5) is 13.5. The normalized spacial score (nSPS) is 11.1. The SMILES string of the molecule is CCCn1nnnc1CN(C)CC(=O)Nc1ccc(F)c(F)c1F. The van der Waals surface area contributed by atoms with E-state index < -0.39 is 29.0 Å². The molecule has 0 aliphatic heterocycles. The molecule has 7 nitrogen and oxygen atoms in total. The second-order valence-corrected chi connectivity index (χ2v) is 5.26. The molecule has 0 spiro atoms. The van der Waals surface area contributed by atoms with Gasteiger partial charge < -0.3 is 5.32 Å². The molecule has 0 radical (unpaired) electrons. The Balaban J connectivity index is 1.94. The van der Waals surface area contributed by atoms with E-state index in [2.05, 4.69) is 20.8 Å². The lowest BCUT2D eigenvalue weighted by molar-refractivity contribution is -0.117. The minimum atomic E-state index is -1.63. The van der Waals surface area contributed by atoms with Crippen LogP contribution < -0.4 is 5.32 Å². The van der Waals surface area contributed by atoms with Gasteiger partial charge in [-0.05, 0) is 36.0 Å². The Morgan fingerprint density at radius 1 is 1.29 bits per heavy atom. The van der Waals surface area contributed by atoms with Crippen LogP contribution in [0.5, 0.6) is 0 Å². The number of carbonyl (C=O) groups excluding carboxylic acids is 1. The molecule has 10 heteroatoms. The summed E-state index contributed by atoms with van der Waals surface area (Å²) in [5, 5.41) is 13.5. The number of tetrazole rings is 1. The average molecular weight is 342 g/mol. The van der Waals surface area contributed by atoms with Crippen molar-refractivity contribution in [3.8, 4) is 0 Å². The van der Waals surface area contributed by atoms with Gasteiger partial charge in [-0.15, -0.1) is 5.10 Å². The number of amides is 1. The van der Waals surface area contributed by atoms with Crippen LogP contribution in [-0.2, 0) is 17.9 Å². The van der Waals surface area contributed by atoms with Crippen LogP contribution in [-0.4, -0.2) is 44.6 Å². The van der Waals surface area contributed by atoms with E-state index in [4.69, 9.17) is 0 Å². The minimum Gasteiger partial charge on any atom is -0.322 e.